The highest BCUT2D eigenvalue weighted by molar-refractivity contribution is 5.88. The summed E-state index contributed by atoms with van der Waals surface area (Å²) in [5.74, 6) is 0.0924. The molecule has 1 saturated heterocycles. The second-order valence-corrected chi connectivity index (χ2v) is 8.63. The molecule has 2 aliphatic rings. The number of aromatic amines is 1. The summed E-state index contributed by atoms with van der Waals surface area (Å²) in [6, 6.07) is 16.6. The van der Waals surface area contributed by atoms with Crippen molar-refractivity contribution >= 4 is 16.9 Å². The Balaban J connectivity index is 1.45. The van der Waals surface area contributed by atoms with E-state index >= 15 is 0 Å². The summed E-state index contributed by atoms with van der Waals surface area (Å²) in [7, 11) is 2.11. The van der Waals surface area contributed by atoms with Gasteiger partial charge < -0.3 is 20.4 Å². The zero-order valence-corrected chi connectivity index (χ0v) is 16.7. The molecule has 29 heavy (non-hydrogen) atoms. The second kappa shape index (κ2) is 7.01. The third kappa shape index (κ3) is 2.96. The Morgan fingerprint density at radius 3 is 2.86 bits per heavy atom. The van der Waals surface area contributed by atoms with Gasteiger partial charge in [-0.15, -0.1) is 0 Å². The fourth-order valence-corrected chi connectivity index (χ4v) is 5.38. The Kier molecular flexibility index (Phi) is 4.45. The maximum Gasteiger partial charge on any atom is 0.315 e. The van der Waals surface area contributed by atoms with E-state index in [1.54, 1.807) is 0 Å². The molecule has 1 aliphatic heterocycles. The highest BCUT2D eigenvalue weighted by Crippen LogP contribution is 2.48. The lowest BCUT2D eigenvalue weighted by Crippen LogP contribution is -2.58. The van der Waals surface area contributed by atoms with E-state index in [2.05, 4.69) is 41.3 Å². The lowest BCUT2D eigenvalue weighted by Gasteiger charge is -2.49. The predicted octanol–water partition coefficient (Wildman–Crippen LogP) is 3.20. The zero-order valence-electron chi connectivity index (χ0n) is 16.7. The highest BCUT2D eigenvalue weighted by Gasteiger charge is 2.50. The summed E-state index contributed by atoms with van der Waals surface area (Å²) in [6.07, 6.45) is 3.87. The van der Waals surface area contributed by atoms with Gasteiger partial charge in [0.2, 0.25) is 0 Å². The van der Waals surface area contributed by atoms with Gasteiger partial charge in [0.05, 0.1) is 5.41 Å². The summed E-state index contributed by atoms with van der Waals surface area (Å²) in [5.41, 5.74) is 10.4. The molecule has 1 aromatic heterocycles. The van der Waals surface area contributed by atoms with Crippen LogP contribution in [0.5, 0.6) is 0 Å². The maximum atomic E-state index is 13.2. The number of piperidine rings is 1. The molecule has 5 rings (SSSR count). The van der Waals surface area contributed by atoms with E-state index in [0.717, 1.165) is 18.4 Å². The first-order valence-electron chi connectivity index (χ1n) is 10.3. The van der Waals surface area contributed by atoms with Crippen molar-refractivity contribution in [2.75, 3.05) is 20.1 Å². The van der Waals surface area contributed by atoms with E-state index in [1.165, 1.54) is 22.0 Å². The number of H-pyrrole nitrogens is 1. The molecule has 3 N–H and O–H groups in total. The molecule has 0 unspecified atom stereocenters. The van der Waals surface area contributed by atoms with Crippen molar-refractivity contribution in [3.63, 3.8) is 0 Å². The van der Waals surface area contributed by atoms with Crippen molar-refractivity contribution in [2.24, 2.45) is 11.1 Å². The number of hydrogen-bond donors (Lipinski definition) is 2. The minimum atomic E-state index is -0.680. The maximum absolute atomic E-state index is 13.2. The van der Waals surface area contributed by atoms with Crippen molar-refractivity contribution in [1.82, 2.24) is 9.88 Å². The Labute approximate surface area is 170 Å². The van der Waals surface area contributed by atoms with Gasteiger partial charge in [0.25, 0.3) is 0 Å². The minimum absolute atomic E-state index is 0.179. The highest BCUT2D eigenvalue weighted by atomic mass is 16.5. The van der Waals surface area contributed by atoms with Crippen molar-refractivity contribution in [1.29, 1.82) is 0 Å². The van der Waals surface area contributed by atoms with Gasteiger partial charge in [-0.25, -0.2) is 0 Å². The lowest BCUT2D eigenvalue weighted by molar-refractivity contribution is -0.161. The van der Waals surface area contributed by atoms with Crippen LogP contribution >= 0.6 is 0 Å². The molecule has 0 radical (unpaired) electrons. The number of aromatic nitrogens is 1. The number of esters is 1. The van der Waals surface area contributed by atoms with E-state index in [-0.39, 0.29) is 18.5 Å². The number of ether oxygens (including phenoxy) is 1. The molecule has 5 heteroatoms. The summed E-state index contributed by atoms with van der Waals surface area (Å²) in [5, 5.41) is 1.33. The standard InChI is InChI=1S/C24H27N3O2/c1-27-15-24(14-25,23(28)29-13-16-6-3-2-4-7-16)11-19-18-8-5-9-20-22(18)17(12-26-20)10-21(19)27/h2-9,12,19,21,26H,10-11,13-15,25H2,1H3/t19-,21-,24+/m1/s1. The molecule has 2 aromatic carbocycles. The van der Waals surface area contributed by atoms with E-state index in [4.69, 9.17) is 10.5 Å². The van der Waals surface area contributed by atoms with Crippen LogP contribution in [0.15, 0.2) is 54.7 Å². The Morgan fingerprint density at radius 2 is 2.07 bits per heavy atom. The number of carbonyl (C=O) groups is 1. The van der Waals surface area contributed by atoms with Crippen LogP contribution < -0.4 is 5.73 Å². The number of benzene rings is 2. The summed E-state index contributed by atoms with van der Waals surface area (Å²) >= 11 is 0. The Hall–Kier alpha value is -2.63. The number of nitrogens with one attached hydrogen (secondary N) is 1. The van der Waals surface area contributed by atoms with Gasteiger partial charge in [-0.2, -0.15) is 0 Å². The topological polar surface area (TPSA) is 71.3 Å². The minimum Gasteiger partial charge on any atom is -0.460 e. The van der Waals surface area contributed by atoms with E-state index in [1.807, 2.05) is 30.3 Å². The van der Waals surface area contributed by atoms with Crippen molar-refractivity contribution in [3.8, 4) is 0 Å². The predicted molar refractivity (Wildman–Crippen MR) is 114 cm³/mol. The second-order valence-electron chi connectivity index (χ2n) is 8.63. The molecule has 3 atom stereocenters. The van der Waals surface area contributed by atoms with Gasteiger partial charge in [0.15, 0.2) is 0 Å². The number of rotatable bonds is 4. The number of likely N-dealkylation sites (tertiary alicyclic amines) is 1. The molecule has 1 aliphatic carbocycles. The lowest BCUT2D eigenvalue weighted by atomic mass is 9.66. The molecule has 3 aromatic rings. The van der Waals surface area contributed by atoms with Gasteiger partial charge in [-0.1, -0.05) is 42.5 Å². The molecule has 0 saturated carbocycles. The van der Waals surface area contributed by atoms with Gasteiger partial charge in [-0.05, 0) is 42.6 Å². The van der Waals surface area contributed by atoms with Crippen LogP contribution in [0.4, 0.5) is 0 Å². The zero-order chi connectivity index (χ0) is 20.0. The summed E-state index contributed by atoms with van der Waals surface area (Å²) in [6.45, 7) is 1.22. The van der Waals surface area contributed by atoms with Crippen molar-refractivity contribution < 1.29 is 9.53 Å². The molecule has 2 heterocycles. The number of fused-ring (bicyclic) bond motifs is 2. The molecule has 0 bridgehead atoms. The Bertz CT molecular complexity index is 1040. The normalized spacial score (nSPS) is 26.3. The number of nitrogens with two attached hydrogens (primary N) is 1. The van der Waals surface area contributed by atoms with Gasteiger partial charge in [0.1, 0.15) is 6.61 Å². The number of carbonyl (C=O) groups excluding carboxylic acids is 1. The van der Waals surface area contributed by atoms with Crippen molar-refractivity contribution in [3.05, 3.63) is 71.4 Å². The van der Waals surface area contributed by atoms with Crippen LogP contribution in [-0.2, 0) is 22.6 Å². The summed E-state index contributed by atoms with van der Waals surface area (Å²) in [4.78, 5) is 19.0. The molecule has 5 nitrogen and oxygen atoms in total. The van der Waals surface area contributed by atoms with Crippen LogP contribution in [0, 0.1) is 5.41 Å². The smallest absolute Gasteiger partial charge is 0.315 e. The monoisotopic (exact) mass is 389 g/mol. The first-order valence-corrected chi connectivity index (χ1v) is 10.3. The van der Waals surface area contributed by atoms with Crippen LogP contribution in [0.3, 0.4) is 0 Å². The fourth-order valence-electron chi connectivity index (χ4n) is 5.38. The van der Waals surface area contributed by atoms with E-state index in [9.17, 15) is 4.79 Å². The van der Waals surface area contributed by atoms with Crippen LogP contribution in [0.2, 0.25) is 0 Å². The molecular weight excluding hydrogens is 362 g/mol. The van der Waals surface area contributed by atoms with Crippen molar-refractivity contribution in [2.45, 2.75) is 31.4 Å². The van der Waals surface area contributed by atoms with Gasteiger partial charge in [-0.3, -0.25) is 4.79 Å². The third-order valence-corrected chi connectivity index (χ3v) is 6.88. The first-order chi connectivity index (χ1) is 14.1. The first kappa shape index (κ1) is 18.4. The quantitative estimate of drug-likeness (QED) is 0.672. The number of hydrogen-bond acceptors (Lipinski definition) is 4. The molecule has 1 fully saturated rings. The number of nitrogens with zero attached hydrogens (tertiary/aromatic N) is 1. The third-order valence-electron chi connectivity index (χ3n) is 6.88. The largest absolute Gasteiger partial charge is 0.460 e. The average molecular weight is 389 g/mol. The molecule has 150 valence electrons. The summed E-state index contributed by atoms with van der Waals surface area (Å²) < 4.78 is 5.77. The van der Waals surface area contributed by atoms with E-state index in [0.29, 0.717) is 19.1 Å². The average Bonchev–Trinajstić information content (AvgIpc) is 3.17. The van der Waals surface area contributed by atoms with Crippen LogP contribution in [0.1, 0.15) is 29.0 Å². The van der Waals surface area contributed by atoms with Gasteiger partial charge in [0, 0.05) is 42.1 Å². The molecular formula is C24H27N3O2. The molecule has 0 amide bonds. The van der Waals surface area contributed by atoms with Gasteiger partial charge >= 0.3 is 5.97 Å². The number of likely N-dealkylation sites (N-methyl/N-ethyl adjacent to an activating group) is 1. The van der Waals surface area contributed by atoms with Crippen LogP contribution in [-0.4, -0.2) is 42.0 Å². The molecule has 0 spiro atoms. The van der Waals surface area contributed by atoms with E-state index < -0.39 is 5.41 Å². The Morgan fingerprint density at radius 1 is 1.24 bits per heavy atom. The fraction of sp³-hybridized carbons (Fsp3) is 0.375. The SMILES string of the molecule is CN1C[C@](CN)(C(=O)OCc2ccccc2)C[C@@H]2c3cccc4[nH]cc(c34)C[C@H]21. The van der Waals surface area contributed by atoms with Crippen LogP contribution in [0.25, 0.3) is 10.9 Å².